The van der Waals surface area contributed by atoms with Gasteiger partial charge in [0.25, 0.3) is 5.91 Å². The average molecular weight is 434 g/mol. The minimum Gasteiger partial charge on any atom is -0.322 e. The number of hydrogen-bond acceptors (Lipinski definition) is 3. The van der Waals surface area contributed by atoms with Crippen LogP contribution in [0, 0.1) is 6.92 Å². The van der Waals surface area contributed by atoms with Gasteiger partial charge in [0.05, 0.1) is 27.4 Å². The van der Waals surface area contributed by atoms with Crippen molar-refractivity contribution in [2.75, 3.05) is 5.32 Å². The van der Waals surface area contributed by atoms with Gasteiger partial charge in [-0.15, -0.1) is 0 Å². The molecule has 0 spiro atoms. The molecule has 0 aliphatic heterocycles. The zero-order valence-electron chi connectivity index (χ0n) is 14.8. The number of nitrogens with one attached hydrogen (secondary N) is 1. The fourth-order valence-electron chi connectivity index (χ4n) is 2.64. The second-order valence-corrected chi connectivity index (χ2v) is 6.82. The minimum absolute atomic E-state index is 0.247. The van der Waals surface area contributed by atoms with Gasteiger partial charge >= 0.3 is 0 Å². The van der Waals surface area contributed by atoms with Gasteiger partial charge in [-0.05, 0) is 49.4 Å². The summed E-state index contributed by atoms with van der Waals surface area (Å²) in [5.74, 6) is -0.376. The lowest BCUT2D eigenvalue weighted by molar-refractivity contribution is 0.102. The molecule has 3 aromatic rings. The molecule has 2 aromatic heterocycles. The third-order valence-corrected chi connectivity index (χ3v) is 4.74. The summed E-state index contributed by atoms with van der Waals surface area (Å²) in [6, 6.07) is 6.78. The highest BCUT2D eigenvalue weighted by molar-refractivity contribution is 6.39. The quantitative estimate of drug-likeness (QED) is 0.496. The van der Waals surface area contributed by atoms with Crippen LogP contribution in [0.25, 0.3) is 16.7 Å². The zero-order chi connectivity index (χ0) is 20.3. The van der Waals surface area contributed by atoms with Crippen LogP contribution in [-0.2, 0) is 0 Å². The number of aromatic nitrogens is 3. The first kappa shape index (κ1) is 20.1. The highest BCUT2D eigenvalue weighted by Crippen LogP contribution is 2.30. The Labute approximate surface area is 176 Å². The number of halogens is 3. The Bertz CT molecular complexity index is 1110. The number of amides is 1. The number of anilines is 1. The number of aryl methyl sites for hydroxylation is 1. The Morgan fingerprint density at radius 2 is 1.96 bits per heavy atom. The molecule has 28 heavy (non-hydrogen) atoms. The third-order valence-electron chi connectivity index (χ3n) is 3.95. The van der Waals surface area contributed by atoms with Crippen molar-refractivity contribution in [3.63, 3.8) is 0 Å². The van der Waals surface area contributed by atoms with Gasteiger partial charge in [-0.25, -0.2) is 9.67 Å². The molecule has 0 saturated heterocycles. The Morgan fingerprint density at radius 3 is 2.61 bits per heavy atom. The molecule has 1 N–H and O–H groups in total. The van der Waals surface area contributed by atoms with E-state index in [4.69, 9.17) is 34.8 Å². The van der Waals surface area contributed by atoms with E-state index < -0.39 is 0 Å². The molecule has 142 valence electrons. The van der Waals surface area contributed by atoms with E-state index in [2.05, 4.69) is 22.0 Å². The SMILES string of the molecule is C=C/C(=C\C=C\Cl)n1nc(C)c2c(Cl)c(C(=O)Nc3ccc(Cl)cc3)cnc21. The number of carbonyl (C=O) groups is 1. The maximum atomic E-state index is 12.7. The summed E-state index contributed by atoms with van der Waals surface area (Å²) in [6.07, 6.45) is 6.44. The van der Waals surface area contributed by atoms with Crippen LogP contribution < -0.4 is 5.32 Å². The number of nitrogens with zero attached hydrogens (tertiary/aromatic N) is 3. The van der Waals surface area contributed by atoms with Gasteiger partial charge in [0.2, 0.25) is 0 Å². The van der Waals surface area contributed by atoms with Gasteiger partial charge in [-0.2, -0.15) is 5.10 Å². The van der Waals surface area contributed by atoms with Gasteiger partial charge in [0.1, 0.15) is 0 Å². The van der Waals surface area contributed by atoms with Crippen LogP contribution in [0.2, 0.25) is 10.0 Å². The van der Waals surface area contributed by atoms with E-state index in [0.29, 0.717) is 33.1 Å². The molecule has 0 saturated carbocycles. The van der Waals surface area contributed by atoms with E-state index >= 15 is 0 Å². The maximum absolute atomic E-state index is 12.7. The summed E-state index contributed by atoms with van der Waals surface area (Å²) >= 11 is 18.0. The fourth-order valence-corrected chi connectivity index (χ4v) is 3.19. The molecule has 5 nitrogen and oxygen atoms in total. The number of pyridine rings is 1. The van der Waals surface area contributed by atoms with Gasteiger partial charge in [0, 0.05) is 22.4 Å². The molecule has 8 heteroatoms. The van der Waals surface area contributed by atoms with Crippen molar-refractivity contribution in [2.45, 2.75) is 6.92 Å². The molecule has 3 rings (SSSR count). The number of rotatable bonds is 5. The van der Waals surface area contributed by atoms with Crippen LogP contribution in [0.5, 0.6) is 0 Å². The smallest absolute Gasteiger partial charge is 0.258 e. The maximum Gasteiger partial charge on any atom is 0.258 e. The van der Waals surface area contributed by atoms with Crippen molar-refractivity contribution >= 4 is 63.1 Å². The molecule has 0 radical (unpaired) electrons. The van der Waals surface area contributed by atoms with Gasteiger partial charge in [-0.1, -0.05) is 41.4 Å². The van der Waals surface area contributed by atoms with Gasteiger partial charge in [0.15, 0.2) is 5.65 Å². The van der Waals surface area contributed by atoms with Crippen LogP contribution >= 0.6 is 34.8 Å². The van der Waals surface area contributed by atoms with E-state index in [-0.39, 0.29) is 16.5 Å². The Kier molecular flexibility index (Phi) is 6.19. The summed E-state index contributed by atoms with van der Waals surface area (Å²) < 4.78 is 1.60. The summed E-state index contributed by atoms with van der Waals surface area (Å²) in [6.45, 7) is 5.58. The average Bonchev–Trinajstić information content (AvgIpc) is 3.02. The van der Waals surface area contributed by atoms with Crippen molar-refractivity contribution in [3.8, 4) is 0 Å². The lowest BCUT2D eigenvalue weighted by atomic mass is 10.2. The van der Waals surface area contributed by atoms with Crippen molar-refractivity contribution in [3.05, 3.63) is 82.1 Å². The molecule has 0 unspecified atom stereocenters. The zero-order valence-corrected chi connectivity index (χ0v) is 17.1. The summed E-state index contributed by atoms with van der Waals surface area (Å²) in [4.78, 5) is 17.1. The van der Waals surface area contributed by atoms with Crippen LogP contribution in [0.1, 0.15) is 16.1 Å². The third kappa shape index (κ3) is 3.97. The van der Waals surface area contributed by atoms with Crippen molar-refractivity contribution in [1.29, 1.82) is 0 Å². The second-order valence-electron chi connectivity index (χ2n) is 5.76. The second kappa shape index (κ2) is 8.61. The normalized spacial score (nSPS) is 11.9. The van der Waals surface area contributed by atoms with E-state index in [1.807, 2.05) is 0 Å². The molecule has 0 atom stereocenters. The predicted molar refractivity (Wildman–Crippen MR) is 116 cm³/mol. The molecule has 0 aliphatic carbocycles. The molecule has 1 aromatic carbocycles. The van der Waals surface area contributed by atoms with E-state index in [9.17, 15) is 4.79 Å². The summed E-state index contributed by atoms with van der Waals surface area (Å²) in [5, 5.41) is 8.70. The van der Waals surface area contributed by atoms with Crippen LogP contribution in [0.15, 0.2) is 60.8 Å². The first-order valence-electron chi connectivity index (χ1n) is 8.17. The summed E-state index contributed by atoms with van der Waals surface area (Å²) in [5.41, 5.74) is 4.04. The largest absolute Gasteiger partial charge is 0.322 e. The number of benzene rings is 1. The lowest BCUT2D eigenvalue weighted by Gasteiger charge is -2.08. The Hall–Kier alpha value is -2.60. The van der Waals surface area contributed by atoms with Crippen molar-refractivity contribution < 1.29 is 4.79 Å². The number of allylic oxidation sites excluding steroid dienone is 4. The van der Waals surface area contributed by atoms with Crippen molar-refractivity contribution in [2.24, 2.45) is 0 Å². The molecule has 0 fully saturated rings. The highest BCUT2D eigenvalue weighted by Gasteiger charge is 2.20. The van der Waals surface area contributed by atoms with Crippen LogP contribution in [-0.4, -0.2) is 20.7 Å². The van der Waals surface area contributed by atoms with E-state index in [1.54, 1.807) is 54.1 Å². The molecular weight excluding hydrogens is 419 g/mol. The Balaban J connectivity index is 2.04. The van der Waals surface area contributed by atoms with Gasteiger partial charge < -0.3 is 5.32 Å². The fraction of sp³-hybridized carbons (Fsp3) is 0.0500. The standard InChI is InChI=1S/C20H15Cl3N4O/c1-3-15(5-4-10-21)27-19-17(12(2)26-27)18(23)16(11-24-19)20(28)25-14-8-6-13(22)7-9-14/h3-11H,1H2,2H3,(H,25,28)/b10-4+,15-5+. The first-order valence-corrected chi connectivity index (χ1v) is 9.36. The monoisotopic (exact) mass is 432 g/mol. The number of carbonyl (C=O) groups excluding carboxylic acids is 1. The molecule has 0 bridgehead atoms. The van der Waals surface area contributed by atoms with Crippen LogP contribution in [0.4, 0.5) is 5.69 Å². The molecular formula is C20H15Cl3N4O. The summed E-state index contributed by atoms with van der Waals surface area (Å²) in [7, 11) is 0. The molecule has 2 heterocycles. The van der Waals surface area contributed by atoms with Gasteiger partial charge in [-0.3, -0.25) is 4.79 Å². The highest BCUT2D eigenvalue weighted by atomic mass is 35.5. The first-order chi connectivity index (χ1) is 13.5. The molecule has 0 aliphatic rings. The predicted octanol–water partition coefficient (Wildman–Crippen LogP) is 6.08. The molecule has 1 amide bonds. The number of hydrogen-bond donors (Lipinski definition) is 1. The lowest BCUT2D eigenvalue weighted by Crippen LogP contribution is -2.13. The van der Waals surface area contributed by atoms with E-state index in [0.717, 1.165) is 0 Å². The number of fused-ring (bicyclic) bond motifs is 1. The van der Waals surface area contributed by atoms with E-state index in [1.165, 1.54) is 11.7 Å². The van der Waals surface area contributed by atoms with Crippen molar-refractivity contribution in [1.82, 2.24) is 14.8 Å². The minimum atomic E-state index is -0.376. The topological polar surface area (TPSA) is 59.8 Å². The van der Waals surface area contributed by atoms with Crippen LogP contribution in [0.3, 0.4) is 0 Å². The Morgan fingerprint density at radius 1 is 1.25 bits per heavy atom.